The molecule has 1 aromatic carbocycles. The number of rotatable bonds is 4. The summed E-state index contributed by atoms with van der Waals surface area (Å²) in [7, 11) is 0. The lowest BCUT2D eigenvalue weighted by Gasteiger charge is -2.22. The van der Waals surface area contributed by atoms with Crippen LogP contribution < -0.4 is 15.4 Å². The molecule has 2 N–H and O–H groups in total. The fraction of sp³-hybridized carbons (Fsp3) is 0.444. The molecule has 1 saturated heterocycles. The van der Waals surface area contributed by atoms with Gasteiger partial charge in [0.05, 0.1) is 5.69 Å². The molecule has 4 rings (SSSR count). The quantitative estimate of drug-likeness (QED) is 0.895. The average Bonchev–Trinajstić information content (AvgIpc) is 3.09. The maximum Gasteiger partial charge on any atom is 0.221 e. The molecule has 1 atom stereocenters. The number of nitrogens with one attached hydrogen (secondary N) is 2. The SMILES string of the molecule is c1ccc(Cc2nc3c(c(O[C@H]4CCNC4)n2)CNCC3)cc1. The lowest BCUT2D eigenvalue weighted by Crippen LogP contribution is -2.28. The highest BCUT2D eigenvalue weighted by Crippen LogP contribution is 2.25. The molecule has 2 aromatic rings. The Morgan fingerprint density at radius 1 is 1.09 bits per heavy atom. The number of aromatic nitrogens is 2. The maximum atomic E-state index is 6.20. The minimum absolute atomic E-state index is 0.223. The Bertz CT molecular complexity index is 668. The van der Waals surface area contributed by atoms with Crippen molar-refractivity contribution in [3.63, 3.8) is 0 Å². The van der Waals surface area contributed by atoms with Crippen LogP contribution in [0.15, 0.2) is 30.3 Å². The van der Waals surface area contributed by atoms with E-state index < -0.39 is 0 Å². The van der Waals surface area contributed by atoms with Gasteiger partial charge in [0.2, 0.25) is 5.88 Å². The standard InChI is InChI=1S/C18H22N4O/c1-2-4-13(5-3-1)10-17-21-16-7-9-20-12-15(16)18(22-17)23-14-6-8-19-11-14/h1-5,14,19-20H,6-12H2/t14-/m0/s1. The van der Waals surface area contributed by atoms with Crippen molar-refractivity contribution < 1.29 is 4.74 Å². The van der Waals surface area contributed by atoms with E-state index >= 15 is 0 Å². The van der Waals surface area contributed by atoms with E-state index in [1.54, 1.807) is 0 Å². The third kappa shape index (κ3) is 3.35. The number of hydrogen-bond acceptors (Lipinski definition) is 5. The summed E-state index contributed by atoms with van der Waals surface area (Å²) in [4.78, 5) is 9.54. The van der Waals surface area contributed by atoms with Crippen molar-refractivity contribution in [3.05, 3.63) is 53.0 Å². The first kappa shape index (κ1) is 14.6. The predicted octanol–water partition coefficient (Wildman–Crippen LogP) is 1.45. The van der Waals surface area contributed by atoms with Crippen molar-refractivity contribution >= 4 is 0 Å². The van der Waals surface area contributed by atoms with E-state index in [4.69, 9.17) is 14.7 Å². The number of fused-ring (bicyclic) bond motifs is 1. The third-order valence-electron chi connectivity index (χ3n) is 4.44. The van der Waals surface area contributed by atoms with Gasteiger partial charge in [-0.1, -0.05) is 30.3 Å². The lowest BCUT2D eigenvalue weighted by atomic mass is 10.1. The van der Waals surface area contributed by atoms with Gasteiger partial charge in [0.1, 0.15) is 11.9 Å². The lowest BCUT2D eigenvalue weighted by molar-refractivity contribution is 0.209. The van der Waals surface area contributed by atoms with Gasteiger partial charge in [-0.2, -0.15) is 4.98 Å². The van der Waals surface area contributed by atoms with Gasteiger partial charge in [0.25, 0.3) is 0 Å². The molecule has 3 heterocycles. The van der Waals surface area contributed by atoms with Crippen LogP contribution in [0.5, 0.6) is 5.88 Å². The number of benzene rings is 1. The first-order valence-corrected chi connectivity index (χ1v) is 8.39. The van der Waals surface area contributed by atoms with Crippen LogP contribution in [0.4, 0.5) is 0 Å². The molecule has 0 aliphatic carbocycles. The van der Waals surface area contributed by atoms with E-state index in [2.05, 4.69) is 34.9 Å². The minimum Gasteiger partial charge on any atom is -0.473 e. The zero-order chi connectivity index (χ0) is 15.5. The number of ether oxygens (including phenoxy) is 1. The van der Waals surface area contributed by atoms with Gasteiger partial charge in [-0.05, 0) is 18.5 Å². The van der Waals surface area contributed by atoms with Gasteiger partial charge in [-0.3, -0.25) is 0 Å². The molecule has 0 bridgehead atoms. The van der Waals surface area contributed by atoms with Crippen molar-refractivity contribution in [2.75, 3.05) is 19.6 Å². The zero-order valence-corrected chi connectivity index (χ0v) is 13.2. The van der Waals surface area contributed by atoms with Crippen LogP contribution in [0.25, 0.3) is 0 Å². The van der Waals surface area contributed by atoms with Crippen molar-refractivity contribution in [2.24, 2.45) is 0 Å². The summed E-state index contributed by atoms with van der Waals surface area (Å²) >= 11 is 0. The van der Waals surface area contributed by atoms with Crippen molar-refractivity contribution in [1.82, 2.24) is 20.6 Å². The van der Waals surface area contributed by atoms with Crippen LogP contribution in [-0.2, 0) is 19.4 Å². The average molecular weight is 310 g/mol. The highest BCUT2D eigenvalue weighted by atomic mass is 16.5. The number of nitrogens with zero attached hydrogens (tertiary/aromatic N) is 2. The van der Waals surface area contributed by atoms with E-state index in [-0.39, 0.29) is 6.10 Å². The Kier molecular flexibility index (Phi) is 4.22. The monoisotopic (exact) mass is 310 g/mol. The summed E-state index contributed by atoms with van der Waals surface area (Å²) in [5, 5.41) is 6.74. The summed E-state index contributed by atoms with van der Waals surface area (Å²) < 4.78 is 6.20. The first-order chi connectivity index (χ1) is 11.4. The maximum absolute atomic E-state index is 6.20. The Morgan fingerprint density at radius 3 is 2.83 bits per heavy atom. The summed E-state index contributed by atoms with van der Waals surface area (Å²) in [5.74, 6) is 1.64. The summed E-state index contributed by atoms with van der Waals surface area (Å²) in [6.07, 6.45) is 2.96. The highest BCUT2D eigenvalue weighted by molar-refractivity contribution is 5.34. The summed E-state index contributed by atoms with van der Waals surface area (Å²) in [6.45, 7) is 3.70. The van der Waals surface area contributed by atoms with Crippen LogP contribution in [-0.4, -0.2) is 35.7 Å². The summed E-state index contributed by atoms with van der Waals surface area (Å²) in [6, 6.07) is 10.4. The predicted molar refractivity (Wildman–Crippen MR) is 88.6 cm³/mol. The molecule has 1 fully saturated rings. The largest absolute Gasteiger partial charge is 0.473 e. The van der Waals surface area contributed by atoms with E-state index in [1.165, 1.54) is 5.56 Å². The molecule has 2 aliphatic rings. The highest BCUT2D eigenvalue weighted by Gasteiger charge is 2.23. The van der Waals surface area contributed by atoms with Gasteiger partial charge < -0.3 is 15.4 Å². The van der Waals surface area contributed by atoms with E-state index in [1.807, 2.05) is 6.07 Å². The van der Waals surface area contributed by atoms with Gasteiger partial charge in [-0.15, -0.1) is 0 Å². The first-order valence-electron chi connectivity index (χ1n) is 8.39. The zero-order valence-electron chi connectivity index (χ0n) is 13.2. The molecule has 120 valence electrons. The second-order valence-corrected chi connectivity index (χ2v) is 6.19. The van der Waals surface area contributed by atoms with Crippen molar-refractivity contribution in [3.8, 4) is 5.88 Å². The molecule has 2 aliphatic heterocycles. The van der Waals surface area contributed by atoms with Gasteiger partial charge >= 0.3 is 0 Å². The smallest absolute Gasteiger partial charge is 0.221 e. The van der Waals surface area contributed by atoms with Crippen LogP contribution >= 0.6 is 0 Å². The second-order valence-electron chi connectivity index (χ2n) is 6.19. The van der Waals surface area contributed by atoms with E-state index in [0.29, 0.717) is 0 Å². The molecular formula is C18H22N4O. The Morgan fingerprint density at radius 2 is 2.00 bits per heavy atom. The Hall–Kier alpha value is -1.98. The summed E-state index contributed by atoms with van der Waals surface area (Å²) in [5.41, 5.74) is 3.51. The topological polar surface area (TPSA) is 59.1 Å². The van der Waals surface area contributed by atoms with Crippen molar-refractivity contribution in [1.29, 1.82) is 0 Å². The second kappa shape index (κ2) is 6.64. The Balaban J connectivity index is 1.63. The molecule has 5 nitrogen and oxygen atoms in total. The minimum atomic E-state index is 0.223. The normalized spacial score (nSPS) is 20.3. The number of hydrogen-bond donors (Lipinski definition) is 2. The molecule has 0 saturated carbocycles. The fourth-order valence-corrected chi connectivity index (χ4v) is 3.20. The van der Waals surface area contributed by atoms with Gasteiger partial charge in [0, 0.05) is 38.0 Å². The molecule has 0 spiro atoms. The molecule has 0 radical (unpaired) electrons. The molecule has 0 amide bonds. The molecular weight excluding hydrogens is 288 g/mol. The van der Waals surface area contributed by atoms with Crippen LogP contribution in [0, 0.1) is 0 Å². The molecule has 0 unspecified atom stereocenters. The van der Waals surface area contributed by atoms with E-state index in [9.17, 15) is 0 Å². The Labute approximate surface area is 136 Å². The molecule has 5 heteroatoms. The van der Waals surface area contributed by atoms with Gasteiger partial charge in [0.15, 0.2) is 0 Å². The molecule has 23 heavy (non-hydrogen) atoms. The van der Waals surface area contributed by atoms with Gasteiger partial charge in [-0.25, -0.2) is 4.98 Å². The third-order valence-corrected chi connectivity index (χ3v) is 4.44. The van der Waals surface area contributed by atoms with Crippen molar-refractivity contribution in [2.45, 2.75) is 31.9 Å². The molecule has 1 aromatic heterocycles. The van der Waals surface area contributed by atoms with Crippen LogP contribution in [0.3, 0.4) is 0 Å². The van der Waals surface area contributed by atoms with E-state index in [0.717, 1.165) is 68.4 Å². The fourth-order valence-electron chi connectivity index (χ4n) is 3.20. The van der Waals surface area contributed by atoms with Crippen LogP contribution in [0.1, 0.15) is 29.1 Å². The van der Waals surface area contributed by atoms with Crippen LogP contribution in [0.2, 0.25) is 0 Å².